The van der Waals surface area contributed by atoms with Crippen LogP contribution in [0.3, 0.4) is 0 Å². The van der Waals surface area contributed by atoms with E-state index in [9.17, 15) is 0 Å². The molecule has 0 bridgehead atoms. The van der Waals surface area contributed by atoms with Crippen LogP contribution in [-0.4, -0.2) is 0 Å². The molecule has 2 heteroatoms. The van der Waals surface area contributed by atoms with E-state index >= 15 is 0 Å². The van der Waals surface area contributed by atoms with Gasteiger partial charge in [-0.25, -0.2) is 0 Å². The van der Waals surface area contributed by atoms with Crippen LogP contribution in [0.4, 0.5) is 5.69 Å². The van der Waals surface area contributed by atoms with E-state index in [1.165, 1.54) is 22.4 Å². The third kappa shape index (κ3) is 4.21. The standard InChI is InChI=1S/C21H22N2/c22-15-18-11-13-20(14-12-18)17-23(21-9-5-2-6-10-21)16-19-7-3-1-4-8-19/h1-14H,15-17,22H2. The van der Waals surface area contributed by atoms with Crippen LogP contribution >= 0.6 is 0 Å². The van der Waals surface area contributed by atoms with Crippen molar-refractivity contribution >= 4 is 5.69 Å². The zero-order chi connectivity index (χ0) is 15.9. The number of benzene rings is 3. The molecule has 2 nitrogen and oxygen atoms in total. The second-order valence-corrected chi connectivity index (χ2v) is 5.70. The first-order valence-corrected chi connectivity index (χ1v) is 7.97. The summed E-state index contributed by atoms with van der Waals surface area (Å²) in [6, 6.07) is 29.7. The first kappa shape index (κ1) is 15.3. The van der Waals surface area contributed by atoms with Crippen molar-refractivity contribution in [2.75, 3.05) is 4.90 Å². The number of hydrogen-bond acceptors (Lipinski definition) is 2. The molecule has 3 aromatic carbocycles. The molecule has 0 unspecified atom stereocenters. The summed E-state index contributed by atoms with van der Waals surface area (Å²) in [6.45, 7) is 2.36. The number of para-hydroxylation sites is 1. The van der Waals surface area contributed by atoms with Crippen molar-refractivity contribution in [3.63, 3.8) is 0 Å². The van der Waals surface area contributed by atoms with Gasteiger partial charge in [0.2, 0.25) is 0 Å². The van der Waals surface area contributed by atoms with Crippen LogP contribution in [0.25, 0.3) is 0 Å². The van der Waals surface area contributed by atoms with Gasteiger partial charge >= 0.3 is 0 Å². The van der Waals surface area contributed by atoms with Gasteiger partial charge < -0.3 is 10.6 Å². The Morgan fingerprint density at radius 1 is 0.565 bits per heavy atom. The predicted molar refractivity (Wildman–Crippen MR) is 97.1 cm³/mol. The highest BCUT2D eigenvalue weighted by Crippen LogP contribution is 2.20. The monoisotopic (exact) mass is 302 g/mol. The average molecular weight is 302 g/mol. The van der Waals surface area contributed by atoms with Gasteiger partial charge in [0, 0.05) is 25.3 Å². The molecule has 23 heavy (non-hydrogen) atoms. The van der Waals surface area contributed by atoms with E-state index < -0.39 is 0 Å². The van der Waals surface area contributed by atoms with Crippen molar-refractivity contribution in [1.29, 1.82) is 0 Å². The first-order valence-electron chi connectivity index (χ1n) is 7.97. The lowest BCUT2D eigenvalue weighted by Crippen LogP contribution is -2.22. The molecule has 0 heterocycles. The molecule has 0 fully saturated rings. The van der Waals surface area contributed by atoms with E-state index in [4.69, 9.17) is 5.73 Å². The molecule has 0 radical (unpaired) electrons. The molecule has 3 rings (SSSR count). The summed E-state index contributed by atoms with van der Waals surface area (Å²) >= 11 is 0. The number of nitrogens with zero attached hydrogens (tertiary/aromatic N) is 1. The van der Waals surface area contributed by atoms with E-state index in [0.717, 1.165) is 13.1 Å². The van der Waals surface area contributed by atoms with Crippen LogP contribution < -0.4 is 10.6 Å². The van der Waals surface area contributed by atoms with E-state index in [2.05, 4.69) is 89.8 Å². The molecular formula is C21H22N2. The molecule has 0 aliphatic carbocycles. The summed E-state index contributed by atoms with van der Waals surface area (Å²) in [6.07, 6.45) is 0. The van der Waals surface area contributed by atoms with Gasteiger partial charge in [-0.3, -0.25) is 0 Å². The van der Waals surface area contributed by atoms with Crippen LogP contribution in [-0.2, 0) is 19.6 Å². The van der Waals surface area contributed by atoms with Crippen LogP contribution in [0, 0.1) is 0 Å². The molecule has 0 aromatic heterocycles. The van der Waals surface area contributed by atoms with Gasteiger partial charge in [-0.15, -0.1) is 0 Å². The Balaban J connectivity index is 1.82. The maximum atomic E-state index is 5.68. The van der Waals surface area contributed by atoms with Crippen molar-refractivity contribution < 1.29 is 0 Å². The summed E-state index contributed by atoms with van der Waals surface area (Å²) in [5.74, 6) is 0. The number of rotatable bonds is 6. The van der Waals surface area contributed by atoms with Gasteiger partial charge in [-0.2, -0.15) is 0 Å². The van der Waals surface area contributed by atoms with Crippen molar-refractivity contribution in [2.24, 2.45) is 5.73 Å². The van der Waals surface area contributed by atoms with Gasteiger partial charge in [-0.05, 0) is 28.8 Å². The minimum Gasteiger partial charge on any atom is -0.363 e. The Morgan fingerprint density at radius 3 is 1.61 bits per heavy atom. The maximum Gasteiger partial charge on any atom is 0.0433 e. The molecule has 0 aliphatic rings. The van der Waals surface area contributed by atoms with Crippen LogP contribution in [0.1, 0.15) is 16.7 Å². The van der Waals surface area contributed by atoms with Crippen LogP contribution in [0.5, 0.6) is 0 Å². The quantitative estimate of drug-likeness (QED) is 0.733. The van der Waals surface area contributed by atoms with E-state index in [1.807, 2.05) is 0 Å². The largest absolute Gasteiger partial charge is 0.363 e. The molecule has 0 amide bonds. The minimum atomic E-state index is 0.590. The Bertz CT molecular complexity index is 706. The number of nitrogens with two attached hydrogens (primary N) is 1. The maximum absolute atomic E-state index is 5.68. The fourth-order valence-electron chi connectivity index (χ4n) is 2.68. The SMILES string of the molecule is NCc1ccc(CN(Cc2ccccc2)c2ccccc2)cc1. The van der Waals surface area contributed by atoms with Crippen LogP contribution in [0.15, 0.2) is 84.9 Å². The van der Waals surface area contributed by atoms with E-state index in [-0.39, 0.29) is 0 Å². The zero-order valence-electron chi connectivity index (χ0n) is 13.2. The smallest absolute Gasteiger partial charge is 0.0433 e. The number of hydrogen-bond donors (Lipinski definition) is 1. The lowest BCUT2D eigenvalue weighted by atomic mass is 10.1. The van der Waals surface area contributed by atoms with Gasteiger partial charge in [0.05, 0.1) is 0 Å². The summed E-state index contributed by atoms with van der Waals surface area (Å²) in [5.41, 5.74) is 10.7. The lowest BCUT2D eigenvalue weighted by Gasteiger charge is -2.25. The second kappa shape index (κ2) is 7.61. The normalized spacial score (nSPS) is 10.5. The van der Waals surface area contributed by atoms with Gasteiger partial charge in [0.25, 0.3) is 0 Å². The van der Waals surface area contributed by atoms with Crippen LogP contribution in [0.2, 0.25) is 0 Å². The molecule has 0 atom stereocenters. The Labute approximate surface area is 138 Å². The van der Waals surface area contributed by atoms with Gasteiger partial charge in [-0.1, -0.05) is 72.8 Å². The lowest BCUT2D eigenvalue weighted by molar-refractivity contribution is 0.799. The molecule has 0 saturated carbocycles. The van der Waals surface area contributed by atoms with Crippen molar-refractivity contribution in [2.45, 2.75) is 19.6 Å². The highest BCUT2D eigenvalue weighted by molar-refractivity contribution is 5.47. The van der Waals surface area contributed by atoms with Crippen molar-refractivity contribution in [3.8, 4) is 0 Å². The highest BCUT2D eigenvalue weighted by Gasteiger charge is 2.08. The fourth-order valence-corrected chi connectivity index (χ4v) is 2.68. The third-order valence-electron chi connectivity index (χ3n) is 3.97. The topological polar surface area (TPSA) is 29.3 Å². The molecule has 0 saturated heterocycles. The Kier molecular flexibility index (Phi) is 5.07. The zero-order valence-corrected chi connectivity index (χ0v) is 13.2. The summed E-state index contributed by atoms with van der Waals surface area (Å²) in [4.78, 5) is 2.40. The first-order chi connectivity index (χ1) is 11.3. The predicted octanol–water partition coefficient (Wildman–Crippen LogP) is 4.35. The summed E-state index contributed by atoms with van der Waals surface area (Å²) in [7, 11) is 0. The molecule has 2 N–H and O–H groups in total. The highest BCUT2D eigenvalue weighted by atomic mass is 15.1. The Hall–Kier alpha value is -2.58. The van der Waals surface area contributed by atoms with Crippen molar-refractivity contribution in [1.82, 2.24) is 0 Å². The van der Waals surface area contributed by atoms with Crippen molar-refractivity contribution in [3.05, 3.63) is 102 Å². The van der Waals surface area contributed by atoms with E-state index in [1.54, 1.807) is 0 Å². The van der Waals surface area contributed by atoms with E-state index in [0.29, 0.717) is 6.54 Å². The van der Waals surface area contributed by atoms with Gasteiger partial charge in [0.15, 0.2) is 0 Å². The summed E-state index contributed by atoms with van der Waals surface area (Å²) < 4.78 is 0. The fraction of sp³-hybridized carbons (Fsp3) is 0.143. The molecule has 116 valence electrons. The molecule has 0 aliphatic heterocycles. The average Bonchev–Trinajstić information content (AvgIpc) is 2.63. The molecular weight excluding hydrogens is 280 g/mol. The number of anilines is 1. The third-order valence-corrected chi connectivity index (χ3v) is 3.97. The minimum absolute atomic E-state index is 0.590. The van der Waals surface area contributed by atoms with Gasteiger partial charge in [0.1, 0.15) is 0 Å². The molecule has 3 aromatic rings. The Morgan fingerprint density at radius 2 is 1.04 bits per heavy atom. The summed E-state index contributed by atoms with van der Waals surface area (Å²) in [5, 5.41) is 0. The second-order valence-electron chi connectivity index (χ2n) is 5.70. The molecule has 0 spiro atoms.